The number of esters is 1. The lowest BCUT2D eigenvalue weighted by Crippen LogP contribution is -2.32. The Bertz CT molecular complexity index is 1210. The van der Waals surface area contributed by atoms with Crippen LogP contribution in [0.15, 0.2) is 72.8 Å². The van der Waals surface area contributed by atoms with Gasteiger partial charge in [0.2, 0.25) is 0 Å². The molecule has 0 N–H and O–H groups in total. The van der Waals surface area contributed by atoms with Crippen LogP contribution in [0.5, 0.6) is 0 Å². The Morgan fingerprint density at radius 1 is 0.971 bits per heavy atom. The molecular weight excluding hydrogens is 432 g/mol. The molecule has 4 rings (SSSR count). The monoisotopic (exact) mass is 458 g/mol. The van der Waals surface area contributed by atoms with Crippen LogP contribution in [0.3, 0.4) is 0 Å². The van der Waals surface area contributed by atoms with E-state index in [1.165, 1.54) is 19.2 Å². The lowest BCUT2D eigenvalue weighted by Gasteiger charge is -2.24. The van der Waals surface area contributed by atoms with Gasteiger partial charge in [-0.25, -0.2) is 0 Å². The van der Waals surface area contributed by atoms with Gasteiger partial charge < -0.3 is 9.64 Å². The molecule has 1 aliphatic heterocycles. The number of carbonyl (C=O) groups is 2. The van der Waals surface area contributed by atoms with Gasteiger partial charge in [-0.3, -0.25) is 19.7 Å². The fourth-order valence-corrected chi connectivity index (χ4v) is 4.52. The minimum atomic E-state index is -0.405. The van der Waals surface area contributed by atoms with Gasteiger partial charge in [-0.1, -0.05) is 48.5 Å². The molecule has 0 fully saturated rings. The normalized spacial score (nSPS) is 14.7. The summed E-state index contributed by atoms with van der Waals surface area (Å²) in [6.45, 7) is 0.530. The van der Waals surface area contributed by atoms with Crippen LogP contribution in [0.25, 0.3) is 0 Å². The number of unbranched alkanes of at least 4 members (excludes halogenated alkanes) is 1. The number of hydrogen-bond acceptors (Lipinski definition) is 5. The number of hydrogen-bond donors (Lipinski definition) is 0. The van der Waals surface area contributed by atoms with Crippen molar-refractivity contribution < 1.29 is 19.2 Å². The van der Waals surface area contributed by atoms with E-state index in [1.54, 1.807) is 17.0 Å². The SMILES string of the molecule is COC(=O)CC1c2ccccc2C(=O)N(CCCCc2ccc([N+](=O)[O-])cc2)c2ccccc21. The van der Waals surface area contributed by atoms with Gasteiger partial charge in [0, 0.05) is 35.8 Å². The molecule has 1 amide bonds. The third kappa shape index (κ3) is 4.83. The molecule has 0 spiro atoms. The second-order valence-corrected chi connectivity index (χ2v) is 8.32. The number of non-ortho nitro benzene ring substituents is 1. The highest BCUT2D eigenvalue weighted by molar-refractivity contribution is 6.09. The molecule has 34 heavy (non-hydrogen) atoms. The molecule has 0 aliphatic carbocycles. The van der Waals surface area contributed by atoms with Crippen molar-refractivity contribution in [3.05, 3.63) is 105 Å². The van der Waals surface area contributed by atoms with Crippen molar-refractivity contribution in [2.75, 3.05) is 18.6 Å². The minimum Gasteiger partial charge on any atom is -0.469 e. The summed E-state index contributed by atoms with van der Waals surface area (Å²) in [6.07, 6.45) is 2.52. The van der Waals surface area contributed by atoms with Crippen molar-refractivity contribution in [3.63, 3.8) is 0 Å². The highest BCUT2D eigenvalue weighted by Crippen LogP contribution is 2.40. The van der Waals surface area contributed by atoms with Crippen molar-refractivity contribution >= 4 is 23.3 Å². The highest BCUT2D eigenvalue weighted by Gasteiger charge is 2.33. The number of anilines is 1. The van der Waals surface area contributed by atoms with Gasteiger partial charge in [-0.05, 0) is 48.1 Å². The molecule has 3 aromatic carbocycles. The number of benzene rings is 3. The van der Waals surface area contributed by atoms with Gasteiger partial charge in [0.05, 0.1) is 18.5 Å². The largest absolute Gasteiger partial charge is 0.469 e. The Balaban J connectivity index is 1.56. The number of aryl methyl sites for hydroxylation is 1. The summed E-state index contributed by atoms with van der Waals surface area (Å²) in [5.74, 6) is -0.668. The predicted molar refractivity (Wildman–Crippen MR) is 129 cm³/mol. The topological polar surface area (TPSA) is 89.8 Å². The average Bonchev–Trinajstić information content (AvgIpc) is 2.96. The van der Waals surface area contributed by atoms with Crippen molar-refractivity contribution in [2.24, 2.45) is 0 Å². The first kappa shape index (κ1) is 23.2. The van der Waals surface area contributed by atoms with E-state index >= 15 is 0 Å². The summed E-state index contributed by atoms with van der Waals surface area (Å²) in [7, 11) is 1.37. The first-order chi connectivity index (χ1) is 16.5. The van der Waals surface area contributed by atoms with Gasteiger partial charge in [0.25, 0.3) is 11.6 Å². The molecule has 7 heteroatoms. The van der Waals surface area contributed by atoms with E-state index < -0.39 is 4.92 Å². The third-order valence-corrected chi connectivity index (χ3v) is 6.26. The summed E-state index contributed by atoms with van der Waals surface area (Å²) in [5.41, 5.74) is 4.28. The van der Waals surface area contributed by atoms with Crippen LogP contribution < -0.4 is 4.90 Å². The number of methoxy groups -OCH3 is 1. The molecule has 0 bridgehead atoms. The Morgan fingerprint density at radius 3 is 2.35 bits per heavy atom. The molecule has 7 nitrogen and oxygen atoms in total. The molecular formula is C27H26N2O5. The molecule has 0 radical (unpaired) electrons. The number of nitro groups is 1. The van der Waals surface area contributed by atoms with Crippen LogP contribution in [-0.4, -0.2) is 30.5 Å². The number of fused-ring (bicyclic) bond motifs is 2. The van der Waals surface area contributed by atoms with Gasteiger partial charge in [-0.2, -0.15) is 0 Å². The smallest absolute Gasteiger partial charge is 0.306 e. The van der Waals surface area contributed by atoms with E-state index in [2.05, 4.69) is 0 Å². The molecule has 0 aromatic heterocycles. The van der Waals surface area contributed by atoms with E-state index in [0.717, 1.165) is 41.6 Å². The number of para-hydroxylation sites is 1. The fraction of sp³-hybridized carbons (Fsp3) is 0.259. The van der Waals surface area contributed by atoms with E-state index in [4.69, 9.17) is 4.74 Å². The second kappa shape index (κ2) is 10.3. The van der Waals surface area contributed by atoms with Gasteiger partial charge in [-0.15, -0.1) is 0 Å². The Labute approximate surface area is 198 Å². The quantitative estimate of drug-likeness (QED) is 0.198. The highest BCUT2D eigenvalue weighted by atomic mass is 16.6. The van der Waals surface area contributed by atoms with E-state index in [1.807, 2.05) is 48.5 Å². The molecule has 3 aromatic rings. The number of nitro benzene ring substituents is 1. The number of amides is 1. The minimum absolute atomic E-state index is 0.0780. The van der Waals surface area contributed by atoms with Crippen molar-refractivity contribution in [1.29, 1.82) is 0 Å². The lowest BCUT2D eigenvalue weighted by molar-refractivity contribution is -0.384. The first-order valence-electron chi connectivity index (χ1n) is 11.3. The molecule has 1 atom stereocenters. The second-order valence-electron chi connectivity index (χ2n) is 8.32. The third-order valence-electron chi connectivity index (χ3n) is 6.26. The van der Waals surface area contributed by atoms with Crippen molar-refractivity contribution in [3.8, 4) is 0 Å². The zero-order chi connectivity index (χ0) is 24.1. The lowest BCUT2D eigenvalue weighted by atomic mass is 9.86. The van der Waals surface area contributed by atoms with E-state index in [-0.39, 0.29) is 29.9 Å². The Morgan fingerprint density at radius 2 is 1.65 bits per heavy atom. The van der Waals surface area contributed by atoms with Crippen molar-refractivity contribution in [2.45, 2.75) is 31.6 Å². The maximum Gasteiger partial charge on any atom is 0.306 e. The zero-order valence-corrected chi connectivity index (χ0v) is 19.0. The summed E-state index contributed by atoms with van der Waals surface area (Å²) < 4.78 is 4.94. The molecule has 0 saturated heterocycles. The standard InChI is InChI=1S/C27H26N2O5/c1-34-26(30)18-24-21-9-2-3-11-23(21)27(31)28(25-12-5-4-10-22(24)25)17-7-6-8-19-13-15-20(16-14-19)29(32)33/h2-5,9-16,24H,6-8,17-18H2,1H3. The Hall–Kier alpha value is -4.00. The van der Waals surface area contributed by atoms with Crippen molar-refractivity contribution in [1.82, 2.24) is 0 Å². The van der Waals surface area contributed by atoms with E-state index in [9.17, 15) is 19.7 Å². The summed E-state index contributed by atoms with van der Waals surface area (Å²) in [6, 6.07) is 21.8. The molecule has 1 unspecified atom stereocenters. The zero-order valence-electron chi connectivity index (χ0n) is 19.0. The van der Waals surface area contributed by atoms with Crippen LogP contribution in [-0.2, 0) is 16.0 Å². The summed E-state index contributed by atoms with van der Waals surface area (Å²) in [5, 5.41) is 10.8. The number of rotatable bonds is 8. The number of nitrogens with zero attached hydrogens (tertiary/aromatic N) is 2. The Kier molecular flexibility index (Phi) is 7.01. The molecule has 0 saturated carbocycles. The van der Waals surface area contributed by atoms with Gasteiger partial charge >= 0.3 is 5.97 Å². The average molecular weight is 459 g/mol. The fourth-order valence-electron chi connectivity index (χ4n) is 4.52. The van der Waals surface area contributed by atoms with Crippen LogP contribution in [0.1, 0.15) is 52.2 Å². The van der Waals surface area contributed by atoms with Crippen LogP contribution >= 0.6 is 0 Å². The first-order valence-corrected chi connectivity index (χ1v) is 11.3. The maximum absolute atomic E-state index is 13.6. The molecule has 174 valence electrons. The predicted octanol–water partition coefficient (Wildman–Crippen LogP) is 5.27. The summed E-state index contributed by atoms with van der Waals surface area (Å²) in [4.78, 5) is 38.1. The van der Waals surface area contributed by atoms with E-state index in [0.29, 0.717) is 12.1 Å². The number of ether oxygens (including phenoxy) is 1. The van der Waals surface area contributed by atoms with Gasteiger partial charge in [0.15, 0.2) is 0 Å². The van der Waals surface area contributed by atoms with Gasteiger partial charge in [0.1, 0.15) is 0 Å². The van der Waals surface area contributed by atoms with Crippen LogP contribution in [0.4, 0.5) is 11.4 Å². The van der Waals surface area contributed by atoms with Crippen LogP contribution in [0, 0.1) is 10.1 Å². The molecule has 1 heterocycles. The maximum atomic E-state index is 13.6. The molecule has 1 aliphatic rings. The summed E-state index contributed by atoms with van der Waals surface area (Å²) >= 11 is 0. The van der Waals surface area contributed by atoms with Crippen LogP contribution in [0.2, 0.25) is 0 Å². The number of carbonyl (C=O) groups excluding carboxylic acids is 2.